The number of hydrogen-bond acceptors (Lipinski definition) is 4. The summed E-state index contributed by atoms with van der Waals surface area (Å²) in [6.45, 7) is 5.04. The van der Waals surface area contributed by atoms with Crippen LogP contribution < -0.4 is 10.2 Å². The summed E-state index contributed by atoms with van der Waals surface area (Å²) >= 11 is 0. The van der Waals surface area contributed by atoms with Crippen molar-refractivity contribution >= 4 is 35.0 Å². The first-order valence-corrected chi connectivity index (χ1v) is 9.34. The van der Waals surface area contributed by atoms with Gasteiger partial charge in [0, 0.05) is 25.3 Å². The maximum Gasteiger partial charge on any atom is 0.262 e. The van der Waals surface area contributed by atoms with Crippen LogP contribution in [-0.4, -0.2) is 41.6 Å². The van der Waals surface area contributed by atoms with E-state index in [9.17, 15) is 19.2 Å². The van der Waals surface area contributed by atoms with Crippen LogP contribution in [0.15, 0.2) is 48.5 Å². The van der Waals surface area contributed by atoms with Crippen molar-refractivity contribution in [3.8, 4) is 0 Å². The highest BCUT2D eigenvalue weighted by molar-refractivity contribution is 6.23. The minimum Gasteiger partial charge on any atom is -0.324 e. The number of carbonyl (C=O) groups is 4. The predicted molar refractivity (Wildman–Crippen MR) is 110 cm³/mol. The Morgan fingerprint density at radius 3 is 1.90 bits per heavy atom. The van der Waals surface area contributed by atoms with Crippen molar-refractivity contribution in [2.24, 2.45) is 5.92 Å². The quantitative estimate of drug-likeness (QED) is 0.792. The van der Waals surface area contributed by atoms with Gasteiger partial charge in [-0.1, -0.05) is 26.0 Å². The number of nitrogens with zero attached hydrogens (tertiary/aromatic N) is 2. The summed E-state index contributed by atoms with van der Waals surface area (Å²) in [6, 6.07) is 12.4. The van der Waals surface area contributed by atoms with E-state index in [-0.39, 0.29) is 11.8 Å². The van der Waals surface area contributed by atoms with Gasteiger partial charge >= 0.3 is 0 Å². The first kappa shape index (κ1) is 20.3. The van der Waals surface area contributed by atoms with Crippen LogP contribution in [0.25, 0.3) is 0 Å². The molecule has 0 fully saturated rings. The Kier molecular flexibility index (Phi) is 5.50. The normalized spacial score (nSPS) is 14.0. The van der Waals surface area contributed by atoms with Crippen molar-refractivity contribution in [1.82, 2.24) is 4.90 Å². The Bertz CT molecular complexity index is 947. The van der Waals surface area contributed by atoms with Gasteiger partial charge in [0.25, 0.3) is 11.8 Å². The molecule has 150 valence electrons. The molecule has 0 aliphatic carbocycles. The fraction of sp³-hybridized carbons (Fsp3) is 0.273. The van der Waals surface area contributed by atoms with Crippen LogP contribution in [0.1, 0.15) is 41.5 Å². The van der Waals surface area contributed by atoms with E-state index >= 15 is 0 Å². The predicted octanol–water partition coefficient (Wildman–Crippen LogP) is 2.93. The summed E-state index contributed by atoms with van der Waals surface area (Å²) in [7, 11) is 1.66. The second kappa shape index (κ2) is 7.87. The van der Waals surface area contributed by atoms with Crippen LogP contribution in [0.5, 0.6) is 0 Å². The van der Waals surface area contributed by atoms with Crippen molar-refractivity contribution in [3.63, 3.8) is 0 Å². The van der Waals surface area contributed by atoms with Crippen molar-refractivity contribution in [2.75, 3.05) is 17.3 Å². The van der Waals surface area contributed by atoms with Gasteiger partial charge in [-0.25, -0.2) is 0 Å². The van der Waals surface area contributed by atoms with Crippen LogP contribution in [0.2, 0.25) is 0 Å². The molecule has 4 amide bonds. The molecular formula is C22H23N3O4. The molecule has 1 atom stereocenters. The largest absolute Gasteiger partial charge is 0.324 e. The average Bonchev–Trinajstić information content (AvgIpc) is 2.93. The molecule has 1 heterocycles. The van der Waals surface area contributed by atoms with E-state index in [4.69, 9.17) is 0 Å². The topological polar surface area (TPSA) is 86.8 Å². The molecule has 7 heteroatoms. The first-order valence-electron chi connectivity index (χ1n) is 9.34. The fourth-order valence-electron chi connectivity index (χ4n) is 3.35. The third-order valence-corrected chi connectivity index (χ3v) is 5.00. The number of amides is 4. The van der Waals surface area contributed by atoms with Gasteiger partial charge in [-0.3, -0.25) is 24.1 Å². The maximum atomic E-state index is 13.0. The molecular weight excluding hydrogens is 370 g/mol. The second-order valence-electron chi connectivity index (χ2n) is 7.33. The Labute approximate surface area is 169 Å². The monoisotopic (exact) mass is 393 g/mol. The van der Waals surface area contributed by atoms with Crippen LogP contribution in [0.4, 0.5) is 11.4 Å². The lowest BCUT2D eigenvalue weighted by Gasteiger charge is -2.28. The van der Waals surface area contributed by atoms with Crippen LogP contribution in [-0.2, 0) is 9.59 Å². The summed E-state index contributed by atoms with van der Waals surface area (Å²) in [5, 5.41) is 2.78. The number of imide groups is 1. The number of nitrogens with one attached hydrogen (secondary N) is 1. The lowest BCUT2D eigenvalue weighted by molar-refractivity contribution is -0.121. The molecule has 0 radical (unpaired) electrons. The number of anilines is 2. The molecule has 1 unspecified atom stereocenters. The number of fused-ring (bicyclic) bond motifs is 1. The third kappa shape index (κ3) is 3.76. The SMILES string of the molecule is CC(=O)N(C)c1ccc(NC(=O)C(C(C)C)N2C(=O)c3ccccc3C2=O)cc1. The number of hydrogen-bond donors (Lipinski definition) is 1. The summed E-state index contributed by atoms with van der Waals surface area (Å²) in [5.41, 5.74) is 1.83. The molecule has 2 aromatic rings. The van der Waals surface area contributed by atoms with Crippen LogP contribution >= 0.6 is 0 Å². The zero-order chi connectivity index (χ0) is 21.3. The van der Waals surface area contributed by atoms with E-state index in [1.807, 2.05) is 0 Å². The van der Waals surface area contributed by atoms with Crippen LogP contribution in [0.3, 0.4) is 0 Å². The molecule has 0 saturated heterocycles. The summed E-state index contributed by atoms with van der Waals surface area (Å²) < 4.78 is 0. The van der Waals surface area contributed by atoms with Gasteiger partial charge in [-0.15, -0.1) is 0 Å². The number of benzene rings is 2. The minimum atomic E-state index is -0.943. The van der Waals surface area contributed by atoms with Gasteiger partial charge in [0.1, 0.15) is 6.04 Å². The molecule has 0 aromatic heterocycles. The summed E-state index contributed by atoms with van der Waals surface area (Å²) in [6.07, 6.45) is 0. The molecule has 0 saturated carbocycles. The highest BCUT2D eigenvalue weighted by Gasteiger charge is 2.43. The highest BCUT2D eigenvalue weighted by atomic mass is 16.2. The molecule has 1 aliphatic heterocycles. The molecule has 7 nitrogen and oxygen atoms in total. The number of carbonyl (C=O) groups excluding carboxylic acids is 4. The van der Waals surface area contributed by atoms with E-state index < -0.39 is 23.8 Å². The lowest BCUT2D eigenvalue weighted by Crippen LogP contribution is -2.50. The Balaban J connectivity index is 1.82. The van der Waals surface area contributed by atoms with Crippen LogP contribution in [0, 0.1) is 5.92 Å². The second-order valence-corrected chi connectivity index (χ2v) is 7.33. The smallest absolute Gasteiger partial charge is 0.262 e. The standard InChI is InChI=1S/C22H23N3O4/c1-13(2)19(25-21(28)17-7-5-6-8-18(17)22(25)29)20(27)23-15-9-11-16(12-10-15)24(4)14(3)26/h5-13,19H,1-4H3,(H,23,27). The van der Waals surface area contributed by atoms with Gasteiger partial charge in [0.2, 0.25) is 11.8 Å². The van der Waals surface area contributed by atoms with Crippen molar-refractivity contribution in [2.45, 2.75) is 26.8 Å². The van der Waals surface area contributed by atoms with Gasteiger partial charge in [0.15, 0.2) is 0 Å². The van der Waals surface area contributed by atoms with E-state index in [0.717, 1.165) is 4.90 Å². The highest BCUT2D eigenvalue weighted by Crippen LogP contribution is 2.28. The minimum absolute atomic E-state index is 0.104. The van der Waals surface area contributed by atoms with Crippen molar-refractivity contribution in [1.29, 1.82) is 0 Å². The average molecular weight is 393 g/mol. The van der Waals surface area contributed by atoms with E-state index in [2.05, 4.69) is 5.32 Å². The molecule has 0 spiro atoms. The van der Waals surface area contributed by atoms with E-state index in [1.54, 1.807) is 69.4 Å². The molecule has 2 aromatic carbocycles. The van der Waals surface area contributed by atoms with E-state index in [1.165, 1.54) is 11.8 Å². The summed E-state index contributed by atoms with van der Waals surface area (Å²) in [4.78, 5) is 52.5. The molecule has 0 bridgehead atoms. The molecule has 1 aliphatic rings. The van der Waals surface area contributed by atoms with Gasteiger partial charge in [-0.05, 0) is 42.3 Å². The Morgan fingerprint density at radius 2 is 1.45 bits per heavy atom. The third-order valence-electron chi connectivity index (χ3n) is 5.00. The molecule has 29 heavy (non-hydrogen) atoms. The lowest BCUT2D eigenvalue weighted by atomic mass is 10.0. The fourth-order valence-corrected chi connectivity index (χ4v) is 3.35. The number of rotatable bonds is 5. The maximum absolute atomic E-state index is 13.0. The molecule has 1 N–H and O–H groups in total. The Hall–Kier alpha value is -3.48. The van der Waals surface area contributed by atoms with Crippen molar-refractivity contribution in [3.05, 3.63) is 59.7 Å². The molecule has 3 rings (SSSR count). The van der Waals surface area contributed by atoms with Gasteiger partial charge < -0.3 is 10.2 Å². The zero-order valence-corrected chi connectivity index (χ0v) is 16.8. The van der Waals surface area contributed by atoms with Gasteiger partial charge in [-0.2, -0.15) is 0 Å². The Morgan fingerprint density at radius 1 is 0.931 bits per heavy atom. The summed E-state index contributed by atoms with van der Waals surface area (Å²) in [5.74, 6) is -1.74. The first-order chi connectivity index (χ1) is 13.7. The zero-order valence-electron chi connectivity index (χ0n) is 16.8. The van der Waals surface area contributed by atoms with E-state index in [0.29, 0.717) is 22.5 Å². The van der Waals surface area contributed by atoms with Crippen molar-refractivity contribution < 1.29 is 19.2 Å². The van der Waals surface area contributed by atoms with Gasteiger partial charge in [0.05, 0.1) is 11.1 Å².